The van der Waals surface area contributed by atoms with E-state index in [1.807, 2.05) is 0 Å². The number of nitrogens with one attached hydrogen (secondary N) is 8. The fraction of sp³-hybridized carbons (Fsp3) is 0.490. The SMILES string of the molecule is C[C@@H]1NC(=O)[C@H](Cc2ccc(O)cc2)NC(=O)[C@@H](N)CSSC[C@@H](C(=O)N2CCC[C@H]2C(=O)N[C@@H](CCCN=C(N)N)C(=O)NCC(N)=O)NC(=O)[C@H](CC(N)=O)NC(=O)[C@H](CCC(N)=O)NC(=O)[C@H](Cc2ccccc2)NC1=O. The zero-order chi connectivity index (χ0) is 59.1. The molecule has 31 heteroatoms. The van der Waals surface area contributed by atoms with Gasteiger partial charge in [-0.25, -0.2) is 0 Å². The first-order valence-electron chi connectivity index (χ1n) is 25.3. The van der Waals surface area contributed by atoms with Crippen molar-refractivity contribution in [3.8, 4) is 5.75 Å². The van der Waals surface area contributed by atoms with E-state index in [2.05, 4.69) is 47.5 Å². The number of carbonyl (C=O) groups is 12. The van der Waals surface area contributed by atoms with Gasteiger partial charge in [-0.2, -0.15) is 0 Å². The average Bonchev–Trinajstić information content (AvgIpc) is 3.92. The highest BCUT2D eigenvalue weighted by molar-refractivity contribution is 8.76. The minimum Gasteiger partial charge on any atom is -0.508 e. The summed E-state index contributed by atoms with van der Waals surface area (Å²) in [6.45, 7) is 0.820. The fourth-order valence-electron chi connectivity index (χ4n) is 8.20. The Bertz CT molecular complexity index is 2600. The quantitative estimate of drug-likeness (QED) is 0.0270. The summed E-state index contributed by atoms with van der Waals surface area (Å²) in [7, 11) is 1.92. The van der Waals surface area contributed by atoms with Gasteiger partial charge in [0.1, 0.15) is 54.1 Å². The number of guanidine groups is 1. The first-order valence-corrected chi connectivity index (χ1v) is 27.8. The summed E-state index contributed by atoms with van der Waals surface area (Å²) in [6.07, 6.45) is -1.58. The number of benzene rings is 2. The summed E-state index contributed by atoms with van der Waals surface area (Å²) in [5, 5.41) is 30.0. The molecule has 2 aromatic rings. The first kappa shape index (κ1) is 64.3. The normalized spacial score (nSPS) is 23.2. The molecule has 0 aromatic heterocycles. The lowest BCUT2D eigenvalue weighted by atomic mass is 10.0. The van der Waals surface area contributed by atoms with Gasteiger partial charge in [0.25, 0.3) is 0 Å². The molecule has 21 N–H and O–H groups in total. The number of phenols is 1. The number of primary amides is 3. The molecule has 0 bridgehead atoms. The molecule has 2 fully saturated rings. The van der Waals surface area contributed by atoms with Crippen LogP contribution in [0.5, 0.6) is 5.75 Å². The summed E-state index contributed by atoms with van der Waals surface area (Å²) in [4.78, 5) is 167. The van der Waals surface area contributed by atoms with E-state index in [0.29, 0.717) is 11.1 Å². The Morgan fingerprint density at radius 2 is 1.27 bits per heavy atom. The van der Waals surface area contributed by atoms with Gasteiger partial charge in [-0.05, 0) is 62.3 Å². The number of nitrogens with zero attached hydrogens (tertiary/aromatic N) is 2. The summed E-state index contributed by atoms with van der Waals surface area (Å²) in [5.74, 6) is -11.7. The lowest BCUT2D eigenvalue weighted by Gasteiger charge is -2.30. The third-order valence-electron chi connectivity index (χ3n) is 12.4. The molecule has 2 heterocycles. The van der Waals surface area contributed by atoms with E-state index in [4.69, 9.17) is 34.4 Å². The van der Waals surface area contributed by atoms with Crippen molar-refractivity contribution in [2.45, 2.75) is 119 Å². The van der Waals surface area contributed by atoms with Crippen LogP contribution < -0.4 is 76.9 Å². The Morgan fingerprint density at radius 1 is 0.700 bits per heavy atom. The van der Waals surface area contributed by atoms with Gasteiger partial charge in [0.15, 0.2) is 5.96 Å². The van der Waals surface area contributed by atoms with Crippen LogP contribution in [-0.4, -0.2) is 172 Å². The second-order valence-electron chi connectivity index (χ2n) is 18.8. The Labute approximate surface area is 467 Å². The van der Waals surface area contributed by atoms with Crippen LogP contribution in [0.3, 0.4) is 0 Å². The molecule has 2 saturated heterocycles. The lowest BCUT2D eigenvalue weighted by molar-refractivity contribution is -0.142. The summed E-state index contributed by atoms with van der Waals surface area (Å²) in [5.41, 5.74) is 34.4. The first-order chi connectivity index (χ1) is 37.9. The molecule has 0 spiro atoms. The van der Waals surface area contributed by atoms with Crippen LogP contribution in [0.25, 0.3) is 0 Å². The Morgan fingerprint density at radius 3 is 1.90 bits per heavy atom. The van der Waals surface area contributed by atoms with Crippen LogP contribution in [0.1, 0.15) is 63.0 Å². The van der Waals surface area contributed by atoms with E-state index in [0.717, 1.165) is 26.5 Å². The highest BCUT2D eigenvalue weighted by Gasteiger charge is 2.41. The van der Waals surface area contributed by atoms with Gasteiger partial charge >= 0.3 is 0 Å². The second-order valence-corrected chi connectivity index (χ2v) is 21.4. The molecular weight excluding hydrogens is 1080 g/mol. The zero-order valence-corrected chi connectivity index (χ0v) is 45.4. The number of hydrogen-bond donors (Lipinski definition) is 15. The van der Waals surface area contributed by atoms with Gasteiger partial charge < -0.3 is 86.9 Å². The molecular formula is C49H70N16O13S2. The number of carbonyl (C=O) groups excluding carboxylic acids is 12. The molecule has 2 aromatic carbocycles. The number of aromatic hydroxyl groups is 1. The minimum absolute atomic E-state index is 0.0170. The number of nitrogens with two attached hydrogens (primary N) is 6. The maximum Gasteiger partial charge on any atom is 0.246 e. The summed E-state index contributed by atoms with van der Waals surface area (Å²) < 4.78 is 0. The van der Waals surface area contributed by atoms with Gasteiger partial charge in [0.2, 0.25) is 70.9 Å². The fourth-order valence-corrected chi connectivity index (χ4v) is 10.5. The van der Waals surface area contributed by atoms with E-state index in [1.54, 1.807) is 30.3 Å². The van der Waals surface area contributed by atoms with E-state index >= 15 is 0 Å². The van der Waals surface area contributed by atoms with Gasteiger partial charge in [-0.15, -0.1) is 0 Å². The third-order valence-corrected chi connectivity index (χ3v) is 14.8. The van der Waals surface area contributed by atoms with Crippen LogP contribution in [-0.2, 0) is 70.4 Å². The second kappa shape index (κ2) is 32.0. The molecule has 4 rings (SSSR count). The number of likely N-dealkylation sites (tertiary alicyclic amines) is 1. The highest BCUT2D eigenvalue weighted by atomic mass is 33.1. The van der Waals surface area contributed by atoms with Gasteiger partial charge in [-0.1, -0.05) is 64.1 Å². The standard InChI is InChI=1S/C49H70N16O13S2/c1-25-40(70)61-33(19-26-7-3-2-4-8-26)45(75)59-31(15-16-37(51)67)43(73)63-34(21-38(52)68)46(76)64-35(24-80-79-23-29(50)41(71)62-32(44(74)58-25)20-27-11-13-28(66)14-12-27)48(78)65-18-6-10-36(65)47(77)60-30(9-5-17-56-49(54)55)42(72)57-22-39(53)69/h2-4,7-8,11-14,25,29-36,66H,5-6,9-10,15-24,50H2,1H3,(H2,51,67)(H2,52,68)(H2,53,69)(H,57,72)(H,58,74)(H,59,75)(H,60,77)(H,61,70)(H,62,71)(H,63,73)(H,64,76)(H4,54,55,56)/t25-,29-,30-,31-,32-,33-,34-,35-,36-/m0/s1. The molecule has 2 aliphatic heterocycles. The molecule has 2 aliphatic rings. The number of phenolic OH excluding ortho intramolecular Hbond substituents is 1. The lowest BCUT2D eigenvalue weighted by Crippen LogP contribution is -2.61. The van der Waals surface area contributed by atoms with Crippen LogP contribution in [0.2, 0.25) is 0 Å². The highest BCUT2D eigenvalue weighted by Crippen LogP contribution is 2.26. The molecule has 0 unspecified atom stereocenters. The predicted molar refractivity (Wildman–Crippen MR) is 293 cm³/mol. The predicted octanol–water partition coefficient (Wildman–Crippen LogP) is -5.90. The van der Waals surface area contributed by atoms with Gasteiger partial charge in [0, 0.05) is 43.9 Å². The van der Waals surface area contributed by atoms with Gasteiger partial charge in [-0.3, -0.25) is 62.5 Å². The van der Waals surface area contributed by atoms with Crippen molar-refractivity contribution >= 4 is 98.4 Å². The Balaban J connectivity index is 1.73. The topological polar surface area (TPSA) is 493 Å². The molecule has 0 saturated carbocycles. The van der Waals surface area contributed by atoms with Crippen molar-refractivity contribution < 1.29 is 62.6 Å². The van der Waals surface area contributed by atoms with Crippen molar-refractivity contribution in [2.75, 3.05) is 31.1 Å². The largest absolute Gasteiger partial charge is 0.508 e. The molecule has 9 atom stereocenters. The molecule has 0 aliphatic carbocycles. The van der Waals surface area contributed by atoms with Gasteiger partial charge in [0.05, 0.1) is 19.0 Å². The smallest absolute Gasteiger partial charge is 0.246 e. The van der Waals surface area contributed by atoms with Crippen LogP contribution in [0, 0.1) is 0 Å². The summed E-state index contributed by atoms with van der Waals surface area (Å²) in [6, 6.07) is 1.07. The molecule has 29 nitrogen and oxygen atoms in total. The number of hydrogen-bond acceptors (Lipinski definition) is 17. The average molecular weight is 1160 g/mol. The van der Waals surface area contributed by atoms with Crippen molar-refractivity contribution in [3.63, 3.8) is 0 Å². The Kier molecular flexibility index (Phi) is 25.8. The molecule has 436 valence electrons. The van der Waals surface area contributed by atoms with Crippen molar-refractivity contribution in [3.05, 3.63) is 65.7 Å². The van der Waals surface area contributed by atoms with Crippen molar-refractivity contribution in [1.29, 1.82) is 0 Å². The van der Waals surface area contributed by atoms with Crippen LogP contribution in [0.15, 0.2) is 59.6 Å². The van der Waals surface area contributed by atoms with Crippen molar-refractivity contribution in [1.82, 2.24) is 47.4 Å². The van der Waals surface area contributed by atoms with Crippen LogP contribution in [0.4, 0.5) is 0 Å². The van der Waals surface area contributed by atoms with E-state index in [-0.39, 0.29) is 74.8 Å². The maximum absolute atomic E-state index is 14.7. The molecule has 12 amide bonds. The van der Waals surface area contributed by atoms with E-state index < -0.39 is 151 Å². The van der Waals surface area contributed by atoms with E-state index in [1.165, 1.54) is 31.2 Å². The van der Waals surface area contributed by atoms with E-state index in [9.17, 15) is 62.6 Å². The van der Waals surface area contributed by atoms with Crippen molar-refractivity contribution in [2.24, 2.45) is 39.4 Å². The Hall–Kier alpha value is -8.19. The van der Waals surface area contributed by atoms with Crippen LogP contribution >= 0.6 is 21.6 Å². The molecule has 0 radical (unpaired) electrons. The molecule has 80 heavy (non-hydrogen) atoms. The number of amides is 12. The number of aliphatic imine (C=N–C) groups is 1. The number of rotatable bonds is 19. The summed E-state index contributed by atoms with van der Waals surface area (Å²) >= 11 is 0. The third kappa shape index (κ3) is 21.6. The maximum atomic E-state index is 14.7. The monoisotopic (exact) mass is 1150 g/mol. The minimum atomic E-state index is -1.84. The zero-order valence-electron chi connectivity index (χ0n) is 43.8.